The zero-order valence-corrected chi connectivity index (χ0v) is 8.64. The van der Waals surface area contributed by atoms with Gasteiger partial charge < -0.3 is 11.1 Å². The zero-order valence-electron chi connectivity index (χ0n) is 8.64. The van der Waals surface area contributed by atoms with Crippen LogP contribution < -0.4 is 11.1 Å². The van der Waals surface area contributed by atoms with Crippen molar-refractivity contribution in [2.45, 2.75) is 19.0 Å². The summed E-state index contributed by atoms with van der Waals surface area (Å²) >= 11 is 0. The molecule has 0 saturated carbocycles. The zero-order chi connectivity index (χ0) is 13.1. The molecule has 0 spiro atoms. The van der Waals surface area contributed by atoms with Crippen molar-refractivity contribution < 1.29 is 22.4 Å². The molecule has 0 fully saturated rings. The number of amides is 1. The molecule has 0 heterocycles. The van der Waals surface area contributed by atoms with Crippen LogP contribution in [0.25, 0.3) is 0 Å². The van der Waals surface area contributed by atoms with E-state index in [2.05, 4.69) is 5.32 Å². The lowest BCUT2D eigenvalue weighted by Gasteiger charge is -2.08. The van der Waals surface area contributed by atoms with Crippen molar-refractivity contribution in [1.29, 1.82) is 0 Å². The second-order valence-electron chi connectivity index (χ2n) is 3.44. The van der Waals surface area contributed by atoms with Gasteiger partial charge in [0.2, 0.25) is 5.91 Å². The van der Waals surface area contributed by atoms with Gasteiger partial charge in [0.25, 0.3) is 0 Å². The lowest BCUT2D eigenvalue weighted by Crippen LogP contribution is -2.16. The minimum absolute atomic E-state index is 0.0367. The average molecular weight is 250 g/mol. The number of halogens is 4. The maximum atomic E-state index is 12.8. The number of hydrogen-bond acceptors (Lipinski definition) is 2. The number of anilines is 2. The Hall–Kier alpha value is -1.79. The summed E-state index contributed by atoms with van der Waals surface area (Å²) in [6.07, 6.45) is -6.32. The second-order valence-corrected chi connectivity index (χ2v) is 3.44. The van der Waals surface area contributed by atoms with E-state index in [1.807, 2.05) is 0 Å². The molecule has 1 aromatic carbocycles. The number of nitrogens with two attached hydrogens (primary N) is 1. The first-order valence-corrected chi connectivity index (χ1v) is 4.69. The van der Waals surface area contributed by atoms with E-state index in [9.17, 15) is 22.4 Å². The summed E-state index contributed by atoms with van der Waals surface area (Å²) in [5, 5.41) is 2.14. The number of nitrogens with one attached hydrogen (secondary N) is 1. The first-order valence-electron chi connectivity index (χ1n) is 4.69. The van der Waals surface area contributed by atoms with E-state index in [4.69, 9.17) is 5.73 Å². The van der Waals surface area contributed by atoms with Crippen LogP contribution in [0.2, 0.25) is 0 Å². The largest absolute Gasteiger partial charge is 0.399 e. The number of carbonyl (C=O) groups is 1. The highest BCUT2D eigenvalue weighted by atomic mass is 19.4. The number of hydrogen-bond donors (Lipinski definition) is 2. The van der Waals surface area contributed by atoms with Crippen molar-refractivity contribution in [2.24, 2.45) is 0 Å². The molecule has 3 nitrogen and oxygen atoms in total. The Morgan fingerprint density at radius 3 is 2.47 bits per heavy atom. The molecule has 1 aromatic rings. The van der Waals surface area contributed by atoms with Gasteiger partial charge in [-0.1, -0.05) is 0 Å². The third-order valence-corrected chi connectivity index (χ3v) is 1.84. The van der Waals surface area contributed by atoms with Crippen molar-refractivity contribution in [1.82, 2.24) is 0 Å². The van der Waals surface area contributed by atoms with E-state index >= 15 is 0 Å². The molecule has 1 rings (SSSR count). The fourth-order valence-corrected chi connectivity index (χ4v) is 1.16. The summed E-state index contributed by atoms with van der Waals surface area (Å²) in [7, 11) is 0. The summed E-state index contributed by atoms with van der Waals surface area (Å²) in [6.45, 7) is 0. The van der Waals surface area contributed by atoms with Crippen LogP contribution in [0.3, 0.4) is 0 Å². The minimum Gasteiger partial charge on any atom is -0.399 e. The lowest BCUT2D eigenvalue weighted by atomic mass is 10.2. The third kappa shape index (κ3) is 5.19. The Morgan fingerprint density at radius 2 is 1.94 bits per heavy atom. The number of rotatable bonds is 3. The first-order chi connectivity index (χ1) is 7.76. The van der Waals surface area contributed by atoms with Crippen molar-refractivity contribution in [3.63, 3.8) is 0 Å². The number of alkyl halides is 3. The molecule has 0 bridgehead atoms. The van der Waals surface area contributed by atoms with E-state index in [0.29, 0.717) is 0 Å². The van der Waals surface area contributed by atoms with E-state index in [-0.39, 0.29) is 11.4 Å². The SMILES string of the molecule is Nc1cc(F)cc(NC(=O)CCC(F)(F)F)c1. The highest BCUT2D eigenvalue weighted by molar-refractivity contribution is 5.91. The molecule has 17 heavy (non-hydrogen) atoms. The van der Waals surface area contributed by atoms with Gasteiger partial charge in [0, 0.05) is 17.8 Å². The van der Waals surface area contributed by atoms with Gasteiger partial charge in [0.15, 0.2) is 0 Å². The van der Waals surface area contributed by atoms with Gasteiger partial charge in [0.1, 0.15) is 5.82 Å². The standard InChI is InChI=1S/C10H10F4N2O/c11-6-3-7(15)5-8(4-6)16-9(17)1-2-10(12,13)14/h3-5H,1-2,15H2,(H,16,17). The van der Waals surface area contributed by atoms with Crippen LogP contribution in [0.4, 0.5) is 28.9 Å². The maximum absolute atomic E-state index is 12.8. The fraction of sp³-hybridized carbons (Fsp3) is 0.300. The van der Waals surface area contributed by atoms with Gasteiger partial charge in [-0.2, -0.15) is 13.2 Å². The Kier molecular flexibility index (Phi) is 3.93. The summed E-state index contributed by atoms with van der Waals surface area (Å²) in [5.41, 5.74) is 5.42. The van der Waals surface area contributed by atoms with Gasteiger partial charge in [-0.25, -0.2) is 4.39 Å². The summed E-state index contributed by atoms with van der Waals surface area (Å²) in [6, 6.07) is 3.27. The minimum atomic E-state index is -4.39. The van der Waals surface area contributed by atoms with Crippen LogP contribution in [-0.2, 0) is 4.79 Å². The third-order valence-electron chi connectivity index (χ3n) is 1.84. The molecule has 0 radical (unpaired) electrons. The summed E-state index contributed by atoms with van der Waals surface area (Å²) < 4.78 is 48.3. The van der Waals surface area contributed by atoms with Crippen LogP contribution >= 0.6 is 0 Å². The monoisotopic (exact) mass is 250 g/mol. The molecule has 7 heteroatoms. The number of carbonyl (C=O) groups excluding carboxylic acids is 1. The Bertz CT molecular complexity index is 397. The summed E-state index contributed by atoms with van der Waals surface area (Å²) in [4.78, 5) is 11.1. The van der Waals surface area contributed by atoms with E-state index < -0.39 is 30.7 Å². The first kappa shape index (κ1) is 13.3. The predicted octanol–water partition coefficient (Wildman–Crippen LogP) is 2.69. The van der Waals surface area contributed by atoms with Gasteiger partial charge in [-0.3, -0.25) is 4.79 Å². The maximum Gasteiger partial charge on any atom is 0.389 e. The van der Waals surface area contributed by atoms with Crippen LogP contribution in [0.1, 0.15) is 12.8 Å². The fourth-order valence-electron chi connectivity index (χ4n) is 1.16. The molecule has 3 N–H and O–H groups in total. The molecular formula is C10H10F4N2O. The second kappa shape index (κ2) is 5.03. The quantitative estimate of drug-likeness (QED) is 0.640. The Balaban J connectivity index is 2.56. The van der Waals surface area contributed by atoms with Crippen molar-refractivity contribution in [3.05, 3.63) is 24.0 Å². The van der Waals surface area contributed by atoms with Gasteiger partial charge in [0.05, 0.1) is 6.42 Å². The van der Waals surface area contributed by atoms with Gasteiger partial charge >= 0.3 is 6.18 Å². The molecular weight excluding hydrogens is 240 g/mol. The summed E-state index contributed by atoms with van der Waals surface area (Å²) in [5.74, 6) is -1.51. The van der Waals surface area contributed by atoms with Crippen LogP contribution in [0, 0.1) is 5.82 Å². The predicted molar refractivity (Wildman–Crippen MR) is 54.7 cm³/mol. The normalized spacial score (nSPS) is 11.3. The molecule has 0 unspecified atom stereocenters. The van der Waals surface area contributed by atoms with E-state index in [1.165, 1.54) is 6.07 Å². The molecule has 0 aliphatic rings. The smallest absolute Gasteiger partial charge is 0.389 e. The lowest BCUT2D eigenvalue weighted by molar-refractivity contribution is -0.142. The van der Waals surface area contributed by atoms with Crippen LogP contribution in [0.5, 0.6) is 0 Å². The van der Waals surface area contributed by atoms with Crippen LogP contribution in [-0.4, -0.2) is 12.1 Å². The molecule has 0 aromatic heterocycles. The van der Waals surface area contributed by atoms with Gasteiger partial charge in [-0.05, 0) is 18.2 Å². The molecule has 0 saturated heterocycles. The molecule has 94 valence electrons. The Morgan fingerprint density at radius 1 is 1.29 bits per heavy atom. The number of nitrogen functional groups attached to an aromatic ring is 1. The molecule has 0 aliphatic carbocycles. The number of benzene rings is 1. The Labute approximate surface area is 94.6 Å². The molecule has 0 atom stereocenters. The van der Waals surface area contributed by atoms with Crippen molar-refractivity contribution in [3.8, 4) is 0 Å². The molecule has 1 amide bonds. The average Bonchev–Trinajstić information content (AvgIpc) is 2.11. The highest BCUT2D eigenvalue weighted by Gasteiger charge is 2.27. The van der Waals surface area contributed by atoms with Gasteiger partial charge in [-0.15, -0.1) is 0 Å². The van der Waals surface area contributed by atoms with E-state index in [1.54, 1.807) is 0 Å². The van der Waals surface area contributed by atoms with Crippen LogP contribution in [0.15, 0.2) is 18.2 Å². The highest BCUT2D eigenvalue weighted by Crippen LogP contribution is 2.22. The topological polar surface area (TPSA) is 55.1 Å². The van der Waals surface area contributed by atoms with Crippen molar-refractivity contribution in [2.75, 3.05) is 11.1 Å². The van der Waals surface area contributed by atoms with Crippen molar-refractivity contribution >= 4 is 17.3 Å². The molecule has 0 aliphatic heterocycles. The van der Waals surface area contributed by atoms with E-state index in [0.717, 1.165) is 12.1 Å².